The molecular weight excluding hydrogens is 303 g/mol. The maximum absolute atomic E-state index is 12.5. The number of rotatable bonds is 4. The summed E-state index contributed by atoms with van der Waals surface area (Å²) in [5.41, 5.74) is 5.27. The molecule has 2 N–H and O–H groups in total. The highest BCUT2D eigenvalue weighted by Gasteiger charge is 2.32. The number of alkyl halides is 3. The predicted molar refractivity (Wildman–Crippen MR) is 71.6 cm³/mol. The number of hydrogen-bond donors (Lipinski definition) is 1. The Balaban J connectivity index is 2.10. The molecule has 0 bridgehead atoms. The van der Waals surface area contributed by atoms with Crippen LogP contribution in [-0.2, 0) is 11.9 Å². The first-order valence-electron chi connectivity index (χ1n) is 5.78. The van der Waals surface area contributed by atoms with Crippen molar-refractivity contribution in [3.05, 3.63) is 53.3 Å². The van der Waals surface area contributed by atoms with E-state index in [1.54, 1.807) is 24.3 Å². The van der Waals surface area contributed by atoms with Gasteiger partial charge in [0.15, 0.2) is 5.16 Å². The van der Waals surface area contributed by atoms with Gasteiger partial charge in [-0.05, 0) is 23.8 Å². The lowest BCUT2D eigenvalue weighted by Gasteiger charge is -2.07. The number of nitrogens with two attached hydrogens (primary N) is 1. The molecule has 0 saturated heterocycles. The van der Waals surface area contributed by atoms with Crippen LogP contribution in [0.1, 0.15) is 21.6 Å². The molecular formula is C13H10F3N3OS. The van der Waals surface area contributed by atoms with Gasteiger partial charge in [0.2, 0.25) is 5.91 Å². The zero-order chi connectivity index (χ0) is 15.5. The molecule has 110 valence electrons. The fraction of sp³-hybridized carbons (Fsp3) is 0.154. The first kappa shape index (κ1) is 15.3. The fourth-order valence-corrected chi connectivity index (χ4v) is 2.30. The zero-order valence-corrected chi connectivity index (χ0v) is 11.4. The Hall–Kier alpha value is -2.09. The quantitative estimate of drug-likeness (QED) is 0.696. The molecule has 21 heavy (non-hydrogen) atoms. The number of primary amides is 1. The molecule has 0 spiro atoms. The van der Waals surface area contributed by atoms with Gasteiger partial charge in [-0.25, -0.2) is 9.97 Å². The van der Waals surface area contributed by atoms with Gasteiger partial charge in [-0.2, -0.15) is 13.2 Å². The maximum atomic E-state index is 12.5. The van der Waals surface area contributed by atoms with Crippen molar-refractivity contribution in [3.63, 3.8) is 0 Å². The molecule has 2 rings (SSSR count). The van der Waals surface area contributed by atoms with Crippen LogP contribution in [0.3, 0.4) is 0 Å². The fourth-order valence-electron chi connectivity index (χ4n) is 1.53. The molecule has 2 aromatic rings. The Bertz CT molecular complexity index is 661. The highest BCUT2D eigenvalue weighted by Crippen LogP contribution is 2.29. The van der Waals surface area contributed by atoms with Crippen LogP contribution in [-0.4, -0.2) is 15.9 Å². The van der Waals surface area contributed by atoms with Gasteiger partial charge in [-0.1, -0.05) is 23.9 Å². The summed E-state index contributed by atoms with van der Waals surface area (Å²) in [4.78, 5) is 18.3. The normalized spacial score (nSPS) is 11.4. The number of amides is 1. The van der Waals surface area contributed by atoms with E-state index in [-0.39, 0.29) is 5.16 Å². The molecule has 0 fully saturated rings. The minimum absolute atomic E-state index is 0.0225. The smallest absolute Gasteiger partial charge is 0.366 e. The predicted octanol–water partition coefficient (Wildman–Crippen LogP) is 2.89. The Morgan fingerprint density at radius 3 is 2.71 bits per heavy atom. The molecule has 1 aromatic heterocycles. The molecule has 0 atom stereocenters. The van der Waals surface area contributed by atoms with Crippen molar-refractivity contribution < 1.29 is 18.0 Å². The maximum Gasteiger partial charge on any atom is 0.433 e. The third-order valence-electron chi connectivity index (χ3n) is 2.50. The average molecular weight is 313 g/mol. The first-order chi connectivity index (χ1) is 9.86. The van der Waals surface area contributed by atoms with Gasteiger partial charge in [0.1, 0.15) is 5.69 Å². The molecule has 1 heterocycles. The average Bonchev–Trinajstić information content (AvgIpc) is 2.45. The van der Waals surface area contributed by atoms with Gasteiger partial charge in [0.05, 0.1) is 0 Å². The summed E-state index contributed by atoms with van der Waals surface area (Å²) in [6.07, 6.45) is -3.43. The number of nitrogens with zero attached hydrogens (tertiary/aromatic N) is 2. The zero-order valence-electron chi connectivity index (χ0n) is 10.6. The molecule has 0 unspecified atom stereocenters. The number of carbonyl (C=O) groups is 1. The van der Waals surface area contributed by atoms with Crippen LogP contribution in [0.25, 0.3) is 0 Å². The van der Waals surface area contributed by atoms with Gasteiger partial charge in [0.25, 0.3) is 0 Å². The van der Waals surface area contributed by atoms with Crippen LogP contribution in [0.5, 0.6) is 0 Å². The van der Waals surface area contributed by atoms with E-state index >= 15 is 0 Å². The Morgan fingerprint density at radius 1 is 1.29 bits per heavy atom. The second kappa shape index (κ2) is 6.13. The summed E-state index contributed by atoms with van der Waals surface area (Å²) in [7, 11) is 0. The van der Waals surface area contributed by atoms with Crippen molar-refractivity contribution >= 4 is 17.7 Å². The topological polar surface area (TPSA) is 68.9 Å². The second-order valence-corrected chi connectivity index (χ2v) is 5.02. The summed E-state index contributed by atoms with van der Waals surface area (Å²) in [5, 5.41) is 0.0225. The highest BCUT2D eigenvalue weighted by molar-refractivity contribution is 7.98. The molecule has 0 aliphatic rings. The van der Waals surface area contributed by atoms with Crippen LogP contribution in [0.4, 0.5) is 13.2 Å². The molecule has 0 saturated carbocycles. The summed E-state index contributed by atoms with van der Waals surface area (Å²) >= 11 is 1.05. The Morgan fingerprint density at radius 2 is 2.05 bits per heavy atom. The lowest BCUT2D eigenvalue weighted by Crippen LogP contribution is -2.10. The van der Waals surface area contributed by atoms with Gasteiger partial charge in [-0.15, -0.1) is 0 Å². The van der Waals surface area contributed by atoms with E-state index in [1.807, 2.05) is 0 Å². The minimum Gasteiger partial charge on any atom is -0.366 e. The van der Waals surface area contributed by atoms with Crippen molar-refractivity contribution in [3.8, 4) is 0 Å². The van der Waals surface area contributed by atoms with Crippen molar-refractivity contribution in [2.45, 2.75) is 17.1 Å². The monoisotopic (exact) mass is 313 g/mol. The first-order valence-corrected chi connectivity index (χ1v) is 6.76. The molecule has 8 heteroatoms. The Kier molecular flexibility index (Phi) is 4.46. The van der Waals surface area contributed by atoms with Crippen LogP contribution < -0.4 is 5.73 Å². The number of halogens is 3. The van der Waals surface area contributed by atoms with E-state index in [1.165, 1.54) is 0 Å². The van der Waals surface area contributed by atoms with Crippen molar-refractivity contribution in [2.24, 2.45) is 5.73 Å². The van der Waals surface area contributed by atoms with Gasteiger partial charge in [-0.3, -0.25) is 4.79 Å². The molecule has 0 aliphatic heterocycles. The summed E-state index contributed by atoms with van der Waals surface area (Å²) in [6.45, 7) is 0. The minimum atomic E-state index is -4.50. The van der Waals surface area contributed by atoms with Crippen LogP contribution in [0.2, 0.25) is 0 Å². The van der Waals surface area contributed by atoms with Gasteiger partial charge >= 0.3 is 6.18 Å². The lowest BCUT2D eigenvalue weighted by molar-refractivity contribution is -0.141. The van der Waals surface area contributed by atoms with E-state index in [0.29, 0.717) is 11.3 Å². The van der Waals surface area contributed by atoms with Crippen LogP contribution in [0.15, 0.2) is 41.7 Å². The van der Waals surface area contributed by atoms with Crippen molar-refractivity contribution in [2.75, 3.05) is 0 Å². The van der Waals surface area contributed by atoms with E-state index in [2.05, 4.69) is 9.97 Å². The molecule has 1 aromatic carbocycles. The molecule has 0 radical (unpaired) electrons. The molecule has 1 amide bonds. The molecule has 0 aliphatic carbocycles. The second-order valence-electron chi connectivity index (χ2n) is 4.08. The highest BCUT2D eigenvalue weighted by atomic mass is 32.2. The number of carbonyl (C=O) groups excluding carboxylic acids is 1. The van der Waals surface area contributed by atoms with E-state index in [0.717, 1.165) is 29.6 Å². The summed E-state index contributed by atoms with van der Waals surface area (Å²) < 4.78 is 37.6. The van der Waals surface area contributed by atoms with Gasteiger partial charge in [0, 0.05) is 17.5 Å². The standard InChI is InChI=1S/C13H10F3N3OS/c14-13(15,16)10-4-5-18-12(19-10)21-7-8-2-1-3-9(6-8)11(17)20/h1-6H,7H2,(H2,17,20). The van der Waals surface area contributed by atoms with Crippen molar-refractivity contribution in [1.82, 2.24) is 9.97 Å². The van der Waals surface area contributed by atoms with Crippen LogP contribution >= 0.6 is 11.8 Å². The number of thioether (sulfide) groups is 1. The third-order valence-corrected chi connectivity index (χ3v) is 3.44. The SMILES string of the molecule is NC(=O)c1cccc(CSc2nccc(C(F)(F)F)n2)c1. The number of hydrogen-bond acceptors (Lipinski definition) is 4. The Labute approximate surface area is 122 Å². The van der Waals surface area contributed by atoms with E-state index < -0.39 is 17.8 Å². The number of benzene rings is 1. The lowest BCUT2D eigenvalue weighted by atomic mass is 10.1. The summed E-state index contributed by atoms with van der Waals surface area (Å²) in [6, 6.07) is 7.37. The largest absolute Gasteiger partial charge is 0.433 e. The van der Waals surface area contributed by atoms with E-state index in [9.17, 15) is 18.0 Å². The van der Waals surface area contributed by atoms with Crippen LogP contribution in [0, 0.1) is 0 Å². The number of aromatic nitrogens is 2. The van der Waals surface area contributed by atoms with E-state index in [4.69, 9.17) is 5.73 Å². The molecule has 4 nitrogen and oxygen atoms in total. The summed E-state index contributed by atoms with van der Waals surface area (Å²) in [5.74, 6) is -0.222. The van der Waals surface area contributed by atoms with Gasteiger partial charge < -0.3 is 5.73 Å². The third kappa shape index (κ3) is 4.19. The van der Waals surface area contributed by atoms with Crippen molar-refractivity contribution in [1.29, 1.82) is 0 Å².